The van der Waals surface area contributed by atoms with Gasteiger partial charge in [0.05, 0.1) is 11.4 Å². The Kier molecular flexibility index (Phi) is 4.59. The van der Waals surface area contributed by atoms with Crippen molar-refractivity contribution in [2.75, 3.05) is 17.4 Å². The van der Waals surface area contributed by atoms with E-state index in [4.69, 9.17) is 4.52 Å². The smallest absolute Gasteiger partial charge is 0.258 e. The van der Waals surface area contributed by atoms with Gasteiger partial charge in [-0.1, -0.05) is 47.6 Å². The summed E-state index contributed by atoms with van der Waals surface area (Å²) in [5, 5.41) is 4.20. The predicted molar refractivity (Wildman–Crippen MR) is 136 cm³/mol. The fourth-order valence-corrected chi connectivity index (χ4v) is 6.91. The summed E-state index contributed by atoms with van der Waals surface area (Å²) < 4.78 is 5.50. The molecule has 4 aromatic carbocycles. The molecule has 0 unspecified atom stereocenters. The molecule has 6 rings (SSSR count). The lowest BCUT2D eigenvalue weighted by Gasteiger charge is -2.45. The lowest BCUT2D eigenvalue weighted by atomic mass is 10.1. The fraction of sp³-hybridized carbons (Fsp3) is 0.0714. The molecule has 0 N–H and O–H groups in total. The van der Waals surface area contributed by atoms with Crippen LogP contribution in [-0.4, -0.2) is 22.7 Å². The summed E-state index contributed by atoms with van der Waals surface area (Å²) in [7, 11) is -1.09. The van der Waals surface area contributed by atoms with Crippen LogP contribution in [0.25, 0.3) is 22.8 Å². The van der Waals surface area contributed by atoms with Gasteiger partial charge in [0.15, 0.2) is 0 Å². The number of rotatable bonds is 3. The topological polar surface area (TPSA) is 42.2 Å². The Morgan fingerprint density at radius 3 is 1.85 bits per heavy atom. The van der Waals surface area contributed by atoms with Gasteiger partial charge in [-0.15, -0.1) is 0 Å². The standard InChI is InChI=1S/C28H23N3OS/c1-33(2)25-14-8-6-12-23(25)31(24-13-7-9-15-26(24)33)22-18-16-20(17-19-22)27-29-28(32-30-27)21-10-4-3-5-11-21/h3-19H,1-2H3. The third-order valence-corrected chi connectivity index (χ3v) is 9.03. The van der Waals surface area contributed by atoms with Gasteiger partial charge in [-0.25, -0.2) is 0 Å². The van der Waals surface area contributed by atoms with Crippen molar-refractivity contribution >= 4 is 27.1 Å². The summed E-state index contributed by atoms with van der Waals surface area (Å²) >= 11 is 0. The maximum Gasteiger partial charge on any atom is 0.258 e. The first-order valence-corrected chi connectivity index (χ1v) is 13.3. The molecule has 0 aliphatic carbocycles. The molecule has 0 fully saturated rings. The van der Waals surface area contributed by atoms with E-state index in [9.17, 15) is 0 Å². The van der Waals surface area contributed by atoms with Crippen LogP contribution in [0.1, 0.15) is 0 Å². The number of nitrogens with zero attached hydrogens (tertiary/aromatic N) is 3. The molecule has 1 aliphatic rings. The number of hydrogen-bond donors (Lipinski definition) is 0. The highest BCUT2D eigenvalue weighted by Gasteiger charge is 2.33. The van der Waals surface area contributed by atoms with Gasteiger partial charge in [-0.05, 0) is 73.2 Å². The molecule has 0 spiro atoms. The number of para-hydroxylation sites is 2. The quantitative estimate of drug-likeness (QED) is 0.283. The molecule has 4 nitrogen and oxygen atoms in total. The van der Waals surface area contributed by atoms with Crippen LogP contribution in [0, 0.1) is 0 Å². The van der Waals surface area contributed by atoms with Crippen molar-refractivity contribution in [2.24, 2.45) is 0 Å². The van der Waals surface area contributed by atoms with Crippen molar-refractivity contribution in [1.82, 2.24) is 10.1 Å². The summed E-state index contributed by atoms with van der Waals surface area (Å²) in [6.07, 6.45) is 4.76. The minimum absolute atomic E-state index is 0.527. The Labute approximate surface area is 194 Å². The molecule has 0 radical (unpaired) electrons. The van der Waals surface area contributed by atoms with Gasteiger partial charge in [0.25, 0.3) is 5.89 Å². The highest BCUT2D eigenvalue weighted by Crippen LogP contribution is 2.67. The van der Waals surface area contributed by atoms with Gasteiger partial charge in [0.1, 0.15) is 0 Å². The zero-order chi connectivity index (χ0) is 22.4. The van der Waals surface area contributed by atoms with Crippen molar-refractivity contribution in [3.63, 3.8) is 0 Å². The second-order valence-electron chi connectivity index (χ2n) is 8.43. The van der Waals surface area contributed by atoms with E-state index in [2.05, 4.69) is 100 Å². The normalized spacial score (nSPS) is 14.9. The number of fused-ring (bicyclic) bond motifs is 2. The van der Waals surface area contributed by atoms with Crippen LogP contribution in [-0.2, 0) is 0 Å². The average molecular weight is 450 g/mol. The van der Waals surface area contributed by atoms with Crippen LogP contribution >= 0.6 is 10.0 Å². The second-order valence-corrected chi connectivity index (χ2v) is 12.0. The highest BCUT2D eigenvalue weighted by atomic mass is 32.3. The Bertz CT molecular complexity index is 1390. The van der Waals surface area contributed by atoms with Gasteiger partial charge >= 0.3 is 0 Å². The van der Waals surface area contributed by atoms with Gasteiger partial charge < -0.3 is 9.42 Å². The minimum atomic E-state index is -1.09. The van der Waals surface area contributed by atoms with Crippen molar-refractivity contribution in [2.45, 2.75) is 9.79 Å². The van der Waals surface area contributed by atoms with Crippen LogP contribution in [0.5, 0.6) is 0 Å². The van der Waals surface area contributed by atoms with Crippen LogP contribution in [0.3, 0.4) is 0 Å². The minimum Gasteiger partial charge on any atom is -0.334 e. The summed E-state index contributed by atoms with van der Waals surface area (Å²) in [5.41, 5.74) is 5.44. The largest absolute Gasteiger partial charge is 0.334 e. The third kappa shape index (κ3) is 3.24. The zero-order valence-electron chi connectivity index (χ0n) is 18.5. The molecule has 2 heterocycles. The first-order chi connectivity index (χ1) is 16.1. The highest BCUT2D eigenvalue weighted by molar-refractivity contribution is 8.33. The number of anilines is 3. The Morgan fingerprint density at radius 1 is 0.636 bits per heavy atom. The maximum absolute atomic E-state index is 5.50. The SMILES string of the molecule is CS1(C)c2ccccc2N(c2ccc(-c3noc(-c4ccccc4)n3)cc2)c2ccccc21. The molecular formula is C28H23N3OS. The second kappa shape index (κ2) is 7.64. The molecule has 5 aromatic rings. The molecule has 5 heteroatoms. The monoisotopic (exact) mass is 449 g/mol. The van der Waals surface area contributed by atoms with Crippen molar-refractivity contribution < 1.29 is 4.52 Å². The van der Waals surface area contributed by atoms with Crippen LogP contribution < -0.4 is 4.90 Å². The number of hydrogen-bond acceptors (Lipinski definition) is 4. The van der Waals surface area contributed by atoms with E-state index >= 15 is 0 Å². The van der Waals surface area contributed by atoms with E-state index in [1.165, 1.54) is 21.2 Å². The van der Waals surface area contributed by atoms with Gasteiger partial charge in [-0.3, -0.25) is 0 Å². The van der Waals surface area contributed by atoms with Gasteiger partial charge in [0.2, 0.25) is 5.82 Å². The molecule has 1 aliphatic heterocycles. The van der Waals surface area contributed by atoms with Crippen LogP contribution in [0.2, 0.25) is 0 Å². The van der Waals surface area contributed by atoms with Crippen molar-refractivity contribution in [3.8, 4) is 22.8 Å². The maximum atomic E-state index is 5.50. The average Bonchev–Trinajstić information content (AvgIpc) is 3.36. The molecule has 1 aromatic heterocycles. The van der Waals surface area contributed by atoms with E-state index in [0.29, 0.717) is 11.7 Å². The molecule has 33 heavy (non-hydrogen) atoms. The fourth-order valence-electron chi connectivity index (χ4n) is 4.47. The molecule has 0 saturated carbocycles. The summed E-state index contributed by atoms with van der Waals surface area (Å²) in [5.74, 6) is 1.11. The first kappa shape index (κ1) is 19.8. The first-order valence-electron chi connectivity index (χ1n) is 10.8. The Balaban J connectivity index is 1.40. The molecule has 0 saturated heterocycles. The molecule has 0 atom stereocenters. The van der Waals surface area contributed by atoms with E-state index in [1.54, 1.807) is 0 Å². The predicted octanol–water partition coefficient (Wildman–Crippen LogP) is 7.67. The van der Waals surface area contributed by atoms with Gasteiger partial charge in [0, 0.05) is 26.6 Å². The summed E-state index contributed by atoms with van der Waals surface area (Å²) in [6.45, 7) is 0. The molecular weight excluding hydrogens is 426 g/mol. The molecule has 162 valence electrons. The lowest BCUT2D eigenvalue weighted by Crippen LogP contribution is -2.19. The third-order valence-electron chi connectivity index (χ3n) is 6.14. The van der Waals surface area contributed by atoms with E-state index in [-0.39, 0.29) is 0 Å². The van der Waals surface area contributed by atoms with Gasteiger partial charge in [-0.2, -0.15) is 15.0 Å². The molecule has 0 bridgehead atoms. The zero-order valence-corrected chi connectivity index (χ0v) is 19.3. The van der Waals surface area contributed by atoms with Crippen LogP contribution in [0.4, 0.5) is 17.1 Å². The van der Waals surface area contributed by atoms with E-state index in [0.717, 1.165) is 16.8 Å². The lowest BCUT2D eigenvalue weighted by molar-refractivity contribution is 0.432. The Morgan fingerprint density at radius 2 is 1.21 bits per heavy atom. The summed E-state index contributed by atoms with van der Waals surface area (Å²) in [6, 6.07) is 35.7. The summed E-state index contributed by atoms with van der Waals surface area (Å²) in [4.78, 5) is 9.76. The number of benzene rings is 4. The van der Waals surface area contributed by atoms with Crippen molar-refractivity contribution in [3.05, 3.63) is 103 Å². The number of aromatic nitrogens is 2. The van der Waals surface area contributed by atoms with E-state index < -0.39 is 10.0 Å². The van der Waals surface area contributed by atoms with Crippen molar-refractivity contribution in [1.29, 1.82) is 0 Å². The van der Waals surface area contributed by atoms with Crippen LogP contribution in [0.15, 0.2) is 117 Å². The Hall–Kier alpha value is -3.83. The van der Waals surface area contributed by atoms with E-state index in [1.807, 2.05) is 30.3 Å². The molecule has 0 amide bonds.